The lowest BCUT2D eigenvalue weighted by atomic mass is 9.88. The second-order valence-corrected chi connectivity index (χ2v) is 6.25. The van der Waals surface area contributed by atoms with E-state index in [1.165, 1.54) is 18.2 Å². The SMILES string of the molecule is O=CO.O[C@@H]1[C@@H](O)[C@@H](O)C(CF)=C[C@H]1NCCCCCOc1ccc(F)cc1. The molecule has 0 bridgehead atoms. The molecule has 4 atom stereocenters. The Morgan fingerprint density at radius 3 is 2.32 bits per heavy atom. The molecule has 28 heavy (non-hydrogen) atoms. The molecule has 0 fully saturated rings. The van der Waals surface area contributed by atoms with Crippen LogP contribution in [0.25, 0.3) is 0 Å². The van der Waals surface area contributed by atoms with Crippen LogP contribution in [-0.2, 0) is 4.79 Å². The van der Waals surface area contributed by atoms with Crippen LogP contribution in [0.1, 0.15) is 19.3 Å². The molecule has 0 amide bonds. The smallest absolute Gasteiger partial charge is 0.290 e. The molecule has 0 aromatic heterocycles. The summed E-state index contributed by atoms with van der Waals surface area (Å²) in [5.74, 6) is 0.326. The van der Waals surface area contributed by atoms with E-state index in [-0.39, 0.29) is 17.9 Å². The Bertz CT molecular complexity index is 599. The number of aliphatic hydroxyl groups excluding tert-OH is 3. The van der Waals surface area contributed by atoms with Gasteiger partial charge in [0.25, 0.3) is 6.47 Å². The maximum absolute atomic E-state index is 12.8. The van der Waals surface area contributed by atoms with Crippen LogP contribution in [0.4, 0.5) is 8.78 Å². The number of unbranched alkanes of at least 4 members (excludes halogenated alkanes) is 2. The number of alkyl halides is 1. The van der Waals surface area contributed by atoms with Gasteiger partial charge in [-0.15, -0.1) is 0 Å². The Kier molecular flexibility index (Phi) is 11.3. The summed E-state index contributed by atoms with van der Waals surface area (Å²) < 4.78 is 31.1. The van der Waals surface area contributed by atoms with E-state index in [2.05, 4.69) is 5.32 Å². The molecule has 0 saturated carbocycles. The van der Waals surface area contributed by atoms with Crippen molar-refractivity contribution < 1.29 is 38.7 Å². The van der Waals surface area contributed by atoms with E-state index in [4.69, 9.17) is 14.6 Å². The van der Waals surface area contributed by atoms with Gasteiger partial charge < -0.3 is 30.5 Å². The van der Waals surface area contributed by atoms with Crippen LogP contribution < -0.4 is 10.1 Å². The summed E-state index contributed by atoms with van der Waals surface area (Å²) in [5, 5.41) is 39.2. The van der Waals surface area contributed by atoms with Crippen molar-refractivity contribution in [1.29, 1.82) is 0 Å². The average Bonchev–Trinajstić information content (AvgIpc) is 2.69. The summed E-state index contributed by atoms with van der Waals surface area (Å²) in [6.45, 7) is -0.00446. The number of carbonyl (C=O) groups is 1. The molecule has 5 N–H and O–H groups in total. The highest BCUT2D eigenvalue weighted by Crippen LogP contribution is 2.21. The quantitative estimate of drug-likeness (QED) is 0.237. The van der Waals surface area contributed by atoms with E-state index < -0.39 is 31.0 Å². The van der Waals surface area contributed by atoms with E-state index >= 15 is 0 Å². The lowest BCUT2D eigenvalue weighted by molar-refractivity contribution is -0.122. The van der Waals surface area contributed by atoms with Crippen molar-refractivity contribution in [2.75, 3.05) is 19.8 Å². The number of ether oxygens (including phenoxy) is 1. The Hall–Kier alpha value is -2.07. The normalized spacial score (nSPS) is 24.0. The first-order valence-electron chi connectivity index (χ1n) is 8.95. The molecule has 1 aromatic rings. The van der Waals surface area contributed by atoms with Crippen LogP contribution in [0, 0.1) is 5.82 Å². The van der Waals surface area contributed by atoms with Gasteiger partial charge in [0.05, 0.1) is 12.6 Å². The minimum atomic E-state index is -1.39. The molecule has 0 unspecified atom stereocenters. The van der Waals surface area contributed by atoms with Gasteiger partial charge in [-0.2, -0.15) is 0 Å². The fourth-order valence-electron chi connectivity index (χ4n) is 2.74. The fourth-order valence-corrected chi connectivity index (χ4v) is 2.74. The Morgan fingerprint density at radius 2 is 1.71 bits per heavy atom. The predicted octanol–water partition coefficient (Wildman–Crippen LogP) is 1.03. The van der Waals surface area contributed by atoms with Gasteiger partial charge in [0.15, 0.2) is 0 Å². The number of hydrogen-bond acceptors (Lipinski definition) is 6. The topological polar surface area (TPSA) is 119 Å². The van der Waals surface area contributed by atoms with E-state index in [9.17, 15) is 24.1 Å². The molecule has 2 rings (SSSR count). The van der Waals surface area contributed by atoms with Crippen LogP contribution in [0.5, 0.6) is 5.75 Å². The summed E-state index contributed by atoms with van der Waals surface area (Å²) in [5.41, 5.74) is 0.0861. The van der Waals surface area contributed by atoms with Crippen molar-refractivity contribution in [3.63, 3.8) is 0 Å². The first-order chi connectivity index (χ1) is 13.4. The number of hydrogen-bond donors (Lipinski definition) is 5. The van der Waals surface area contributed by atoms with Crippen LogP contribution in [-0.4, -0.2) is 71.1 Å². The molecule has 1 aliphatic carbocycles. The standard InChI is InChI=1S/C18H25F2NO4.CH2O2/c19-11-12-10-15(17(23)18(24)16(12)22)21-8-2-1-3-9-25-14-6-4-13(20)5-7-14;2-1-3/h4-7,10,15-18,21-24H,1-3,8-9,11H2;1H,(H,2,3)/t15-,16+,17+,18+;/m1./s1. The zero-order chi connectivity index (χ0) is 20.9. The van der Waals surface area contributed by atoms with Crippen LogP contribution in [0.2, 0.25) is 0 Å². The van der Waals surface area contributed by atoms with Gasteiger partial charge in [-0.3, -0.25) is 4.79 Å². The first kappa shape index (κ1) is 24.0. The monoisotopic (exact) mass is 403 g/mol. The van der Waals surface area contributed by atoms with Crippen LogP contribution >= 0.6 is 0 Å². The van der Waals surface area contributed by atoms with Crippen LogP contribution in [0.3, 0.4) is 0 Å². The molecule has 0 aliphatic heterocycles. The zero-order valence-electron chi connectivity index (χ0n) is 15.4. The van der Waals surface area contributed by atoms with E-state index in [0.717, 1.165) is 19.3 Å². The highest BCUT2D eigenvalue weighted by atomic mass is 19.1. The third-order valence-corrected chi connectivity index (χ3v) is 4.25. The van der Waals surface area contributed by atoms with E-state index in [0.29, 0.717) is 18.9 Å². The maximum atomic E-state index is 12.8. The van der Waals surface area contributed by atoms with Gasteiger partial charge in [0.1, 0.15) is 36.6 Å². The molecule has 0 saturated heterocycles. The van der Waals surface area contributed by atoms with Crippen molar-refractivity contribution in [3.05, 3.63) is 41.7 Å². The van der Waals surface area contributed by atoms with Crippen molar-refractivity contribution in [1.82, 2.24) is 5.32 Å². The molecule has 9 heteroatoms. The second-order valence-electron chi connectivity index (χ2n) is 6.25. The number of benzene rings is 1. The summed E-state index contributed by atoms with van der Waals surface area (Å²) in [4.78, 5) is 8.36. The minimum absolute atomic E-state index is 0.0861. The second kappa shape index (κ2) is 13.2. The van der Waals surface area contributed by atoms with Crippen molar-refractivity contribution in [2.45, 2.75) is 43.6 Å². The zero-order valence-corrected chi connectivity index (χ0v) is 15.4. The summed E-state index contributed by atoms with van der Waals surface area (Å²) in [6, 6.07) is 5.27. The molecule has 0 heterocycles. The van der Waals surface area contributed by atoms with Crippen LogP contribution in [0.15, 0.2) is 35.9 Å². The predicted molar refractivity (Wildman–Crippen MR) is 98.3 cm³/mol. The first-order valence-corrected chi connectivity index (χ1v) is 8.95. The molecule has 1 aliphatic rings. The highest BCUT2D eigenvalue weighted by Gasteiger charge is 2.36. The summed E-state index contributed by atoms with van der Waals surface area (Å²) >= 11 is 0. The van der Waals surface area contributed by atoms with E-state index in [1.54, 1.807) is 12.1 Å². The lowest BCUT2D eigenvalue weighted by Gasteiger charge is -2.34. The summed E-state index contributed by atoms with van der Waals surface area (Å²) in [7, 11) is 0. The van der Waals surface area contributed by atoms with Crippen molar-refractivity contribution in [3.8, 4) is 5.75 Å². The van der Waals surface area contributed by atoms with Gasteiger partial charge in [-0.05, 0) is 55.6 Å². The molecule has 0 radical (unpaired) electrons. The molecular weight excluding hydrogens is 376 g/mol. The van der Waals surface area contributed by atoms with Gasteiger partial charge in [-0.1, -0.05) is 6.08 Å². The maximum Gasteiger partial charge on any atom is 0.290 e. The average molecular weight is 403 g/mol. The van der Waals surface area contributed by atoms with E-state index in [1.807, 2.05) is 0 Å². The minimum Gasteiger partial charge on any atom is -0.494 e. The van der Waals surface area contributed by atoms with Gasteiger partial charge >= 0.3 is 0 Å². The number of nitrogens with one attached hydrogen (secondary N) is 1. The van der Waals surface area contributed by atoms with Crippen molar-refractivity contribution in [2.24, 2.45) is 0 Å². The highest BCUT2D eigenvalue weighted by molar-refractivity contribution is 5.32. The van der Waals surface area contributed by atoms with Gasteiger partial charge in [-0.25, -0.2) is 8.78 Å². The Balaban J connectivity index is 0.00000122. The Labute approximate surface area is 162 Å². The number of halogens is 2. The molecule has 7 nitrogen and oxygen atoms in total. The van der Waals surface area contributed by atoms with Gasteiger partial charge in [0.2, 0.25) is 0 Å². The molecule has 158 valence electrons. The third kappa shape index (κ3) is 7.89. The summed E-state index contributed by atoms with van der Waals surface area (Å²) in [6.07, 6.45) is 0.0277. The lowest BCUT2D eigenvalue weighted by Crippen LogP contribution is -2.54. The molecule has 0 spiro atoms. The number of carboxylic acid groups (broad SMARTS) is 1. The fraction of sp³-hybridized carbons (Fsp3) is 0.526. The Morgan fingerprint density at radius 1 is 1.07 bits per heavy atom. The van der Waals surface area contributed by atoms with Gasteiger partial charge in [0, 0.05) is 0 Å². The molecule has 1 aromatic carbocycles. The third-order valence-electron chi connectivity index (χ3n) is 4.25. The van der Waals surface area contributed by atoms with Crippen molar-refractivity contribution >= 4 is 6.47 Å². The number of rotatable bonds is 9. The molecular formula is C19H27F2NO6. The number of aliphatic hydroxyl groups is 3. The largest absolute Gasteiger partial charge is 0.494 e.